The summed E-state index contributed by atoms with van der Waals surface area (Å²) in [5, 5.41) is 12.0. The molecule has 2 heterocycles. The maximum Gasteiger partial charge on any atom is 0.335 e. The number of aromatic amines is 1. The summed E-state index contributed by atoms with van der Waals surface area (Å²) in [6.45, 7) is 4.13. The molecule has 0 saturated heterocycles. The molecule has 28 heavy (non-hydrogen) atoms. The van der Waals surface area contributed by atoms with Gasteiger partial charge in [-0.3, -0.25) is 9.78 Å². The molecule has 0 amide bonds. The molecule has 2 aromatic carbocycles. The smallest absolute Gasteiger partial charge is 0.335 e. The first-order chi connectivity index (χ1) is 13.4. The van der Waals surface area contributed by atoms with E-state index in [-0.39, 0.29) is 11.4 Å². The number of fused-ring (bicyclic) bond motifs is 1. The second kappa shape index (κ2) is 6.77. The molecule has 2 N–H and O–H groups in total. The third-order valence-electron chi connectivity index (χ3n) is 4.56. The summed E-state index contributed by atoms with van der Waals surface area (Å²) < 4.78 is 1.06. The summed E-state index contributed by atoms with van der Waals surface area (Å²) in [5.74, 6) is 0.157. The van der Waals surface area contributed by atoms with Crippen LogP contribution in [0.5, 0.6) is 5.88 Å². The molecule has 0 fully saturated rings. The van der Waals surface area contributed by atoms with Crippen molar-refractivity contribution in [3.05, 3.63) is 97.0 Å². The summed E-state index contributed by atoms with van der Waals surface area (Å²) in [4.78, 5) is 35.5. The largest absolute Gasteiger partial charge is 0.494 e. The molecule has 140 valence electrons. The SMILES string of the molecule is CC(C)c1ccc(-n2c(O)c(C=C3N=c4ccccc4=N3)c(=O)[nH]c2=O)cc1. The molecule has 1 aromatic heterocycles. The molecule has 0 saturated carbocycles. The Morgan fingerprint density at radius 1 is 1.00 bits per heavy atom. The molecule has 4 rings (SSSR count). The third-order valence-corrected chi connectivity index (χ3v) is 4.56. The Morgan fingerprint density at radius 2 is 1.61 bits per heavy atom. The second-order valence-corrected chi connectivity index (χ2v) is 6.79. The number of rotatable bonds is 3. The Morgan fingerprint density at radius 3 is 2.18 bits per heavy atom. The van der Waals surface area contributed by atoms with Gasteiger partial charge < -0.3 is 5.11 Å². The topological polar surface area (TPSA) is 99.8 Å². The van der Waals surface area contributed by atoms with Gasteiger partial charge in [0.15, 0.2) is 5.82 Å². The third kappa shape index (κ3) is 3.07. The molecule has 0 aliphatic carbocycles. The van der Waals surface area contributed by atoms with Crippen LogP contribution < -0.4 is 22.0 Å². The van der Waals surface area contributed by atoms with Crippen molar-refractivity contribution in [2.75, 3.05) is 0 Å². The van der Waals surface area contributed by atoms with Crippen molar-refractivity contribution < 1.29 is 5.11 Å². The number of benzene rings is 2. The minimum Gasteiger partial charge on any atom is -0.494 e. The fourth-order valence-corrected chi connectivity index (χ4v) is 3.04. The zero-order valence-electron chi connectivity index (χ0n) is 15.4. The predicted octanol–water partition coefficient (Wildman–Crippen LogP) is 1.61. The normalized spacial score (nSPS) is 12.5. The number of nitrogens with zero attached hydrogens (tertiary/aromatic N) is 3. The summed E-state index contributed by atoms with van der Waals surface area (Å²) in [5.41, 5.74) is 0.0514. The highest BCUT2D eigenvalue weighted by atomic mass is 16.3. The van der Waals surface area contributed by atoms with E-state index < -0.39 is 17.1 Å². The van der Waals surface area contributed by atoms with Crippen LogP contribution in [0.25, 0.3) is 11.8 Å². The number of hydrogen-bond donors (Lipinski definition) is 2. The average Bonchev–Trinajstić information content (AvgIpc) is 3.08. The van der Waals surface area contributed by atoms with E-state index in [2.05, 4.69) is 28.8 Å². The van der Waals surface area contributed by atoms with Gasteiger partial charge in [0.05, 0.1) is 16.4 Å². The maximum absolute atomic E-state index is 12.3. The molecule has 0 radical (unpaired) electrons. The zero-order valence-corrected chi connectivity index (χ0v) is 15.4. The van der Waals surface area contributed by atoms with Crippen molar-refractivity contribution >= 4 is 6.08 Å². The Labute approximate surface area is 159 Å². The van der Waals surface area contributed by atoms with E-state index in [0.717, 1.165) is 10.1 Å². The summed E-state index contributed by atoms with van der Waals surface area (Å²) in [6.07, 6.45) is 1.37. The van der Waals surface area contributed by atoms with Crippen LogP contribution >= 0.6 is 0 Å². The number of aromatic nitrogens is 2. The van der Waals surface area contributed by atoms with Crippen molar-refractivity contribution in [3.63, 3.8) is 0 Å². The van der Waals surface area contributed by atoms with Crippen LogP contribution in [-0.2, 0) is 0 Å². The van der Waals surface area contributed by atoms with Gasteiger partial charge in [0.25, 0.3) is 5.56 Å². The Balaban J connectivity index is 1.86. The molecule has 7 heteroatoms. The first-order valence-electron chi connectivity index (χ1n) is 8.87. The molecule has 0 atom stereocenters. The number of nitrogens with one attached hydrogen (secondary N) is 1. The van der Waals surface area contributed by atoms with Gasteiger partial charge in [0.2, 0.25) is 5.88 Å². The first kappa shape index (κ1) is 17.7. The van der Waals surface area contributed by atoms with Gasteiger partial charge in [-0.05, 0) is 35.7 Å². The molecule has 3 aromatic rings. The van der Waals surface area contributed by atoms with Crippen LogP contribution in [0.15, 0.2) is 73.9 Å². The minimum absolute atomic E-state index is 0.0807. The lowest BCUT2D eigenvalue weighted by atomic mass is 10.0. The Bertz CT molecular complexity index is 1290. The van der Waals surface area contributed by atoms with E-state index in [1.165, 1.54) is 6.08 Å². The fraction of sp³-hybridized carbons (Fsp3) is 0.143. The molecule has 0 unspecified atom stereocenters. The lowest BCUT2D eigenvalue weighted by molar-refractivity contribution is 0.429. The standard InChI is InChI=1S/C21H18N4O3/c1-12(2)13-7-9-14(10-8-13)25-20(27)15(19(26)24-21(25)28)11-18-22-16-5-3-4-6-17(16)23-18/h3-12,27H,1-2H3,(H,24,26,28). The first-order valence-corrected chi connectivity index (χ1v) is 8.87. The molecule has 7 nitrogen and oxygen atoms in total. The van der Waals surface area contributed by atoms with E-state index in [0.29, 0.717) is 22.3 Å². The summed E-state index contributed by atoms with van der Waals surface area (Å²) >= 11 is 0. The van der Waals surface area contributed by atoms with Gasteiger partial charge in [0.1, 0.15) is 5.56 Å². The van der Waals surface area contributed by atoms with Crippen molar-refractivity contribution in [3.8, 4) is 11.6 Å². The monoisotopic (exact) mass is 374 g/mol. The van der Waals surface area contributed by atoms with Crippen LogP contribution in [0.2, 0.25) is 0 Å². The van der Waals surface area contributed by atoms with Crippen LogP contribution in [0.3, 0.4) is 0 Å². The Hall–Kier alpha value is -3.74. The van der Waals surface area contributed by atoms with Crippen molar-refractivity contribution in [2.45, 2.75) is 19.8 Å². The highest BCUT2D eigenvalue weighted by molar-refractivity contribution is 5.58. The van der Waals surface area contributed by atoms with E-state index in [1.807, 2.05) is 24.3 Å². The van der Waals surface area contributed by atoms with Crippen molar-refractivity contribution in [1.82, 2.24) is 9.55 Å². The molecule has 1 aliphatic rings. The van der Waals surface area contributed by atoms with Crippen LogP contribution in [-0.4, -0.2) is 14.7 Å². The lowest BCUT2D eigenvalue weighted by Crippen LogP contribution is -2.30. The second-order valence-electron chi connectivity index (χ2n) is 6.79. The molecule has 0 spiro atoms. The number of para-hydroxylation sites is 2. The molecular weight excluding hydrogens is 356 g/mol. The number of hydrogen-bond acceptors (Lipinski definition) is 5. The highest BCUT2D eigenvalue weighted by Gasteiger charge is 2.15. The molecule has 0 bridgehead atoms. The van der Waals surface area contributed by atoms with E-state index in [4.69, 9.17) is 0 Å². The number of aromatic hydroxyl groups is 1. The summed E-state index contributed by atoms with van der Waals surface area (Å²) in [6, 6.07) is 14.5. The van der Waals surface area contributed by atoms with Gasteiger partial charge in [0, 0.05) is 6.08 Å². The summed E-state index contributed by atoms with van der Waals surface area (Å²) in [7, 11) is 0. The van der Waals surface area contributed by atoms with Crippen LogP contribution in [0.4, 0.5) is 0 Å². The van der Waals surface area contributed by atoms with Crippen molar-refractivity contribution in [2.24, 2.45) is 9.98 Å². The van der Waals surface area contributed by atoms with Gasteiger partial charge in [-0.15, -0.1) is 0 Å². The lowest BCUT2D eigenvalue weighted by Gasteiger charge is -2.11. The quantitative estimate of drug-likeness (QED) is 0.728. The van der Waals surface area contributed by atoms with Crippen LogP contribution in [0.1, 0.15) is 30.9 Å². The maximum atomic E-state index is 12.3. The highest BCUT2D eigenvalue weighted by Crippen LogP contribution is 2.21. The molecule has 1 aliphatic heterocycles. The van der Waals surface area contributed by atoms with Crippen molar-refractivity contribution in [1.29, 1.82) is 0 Å². The van der Waals surface area contributed by atoms with Crippen LogP contribution in [0, 0.1) is 0 Å². The average molecular weight is 374 g/mol. The Kier molecular flexibility index (Phi) is 4.27. The fourth-order valence-electron chi connectivity index (χ4n) is 3.04. The van der Waals surface area contributed by atoms with Gasteiger partial charge in [-0.25, -0.2) is 19.3 Å². The molecular formula is C21H18N4O3. The van der Waals surface area contributed by atoms with Gasteiger partial charge >= 0.3 is 5.69 Å². The van der Waals surface area contributed by atoms with E-state index in [9.17, 15) is 14.7 Å². The van der Waals surface area contributed by atoms with Gasteiger partial charge in [-0.2, -0.15) is 0 Å². The zero-order chi connectivity index (χ0) is 19.8. The minimum atomic E-state index is -0.717. The van der Waals surface area contributed by atoms with Gasteiger partial charge in [-0.1, -0.05) is 38.1 Å². The van der Waals surface area contributed by atoms with E-state index >= 15 is 0 Å². The predicted molar refractivity (Wildman–Crippen MR) is 105 cm³/mol. The number of H-pyrrole nitrogens is 1. The van der Waals surface area contributed by atoms with E-state index in [1.54, 1.807) is 24.3 Å².